The van der Waals surface area contributed by atoms with Crippen molar-refractivity contribution >= 4 is 30.1 Å². The van der Waals surface area contributed by atoms with Crippen molar-refractivity contribution in [2.24, 2.45) is 5.41 Å². The minimum Gasteiger partial charge on any atom is -0.266 e. The van der Waals surface area contributed by atoms with E-state index in [9.17, 15) is 25.3 Å². The Kier molecular flexibility index (Phi) is 9.07. The molecule has 0 amide bonds. The molecule has 0 aliphatic heterocycles. The fourth-order valence-corrected chi connectivity index (χ4v) is 6.95. The summed E-state index contributed by atoms with van der Waals surface area (Å²) in [6, 6.07) is 22.8. The summed E-state index contributed by atoms with van der Waals surface area (Å²) >= 11 is 0. The summed E-state index contributed by atoms with van der Waals surface area (Å²) in [6.07, 6.45) is 0.112. The summed E-state index contributed by atoms with van der Waals surface area (Å²) in [4.78, 5) is -0.0138. The van der Waals surface area contributed by atoms with E-state index < -0.39 is 48.7 Å². The Labute approximate surface area is 213 Å². The van der Waals surface area contributed by atoms with Gasteiger partial charge in [-0.05, 0) is 49.2 Å². The average molecular weight is 553 g/mol. The lowest BCUT2D eigenvalue weighted by atomic mass is 9.84. The van der Waals surface area contributed by atoms with Crippen LogP contribution in [-0.2, 0) is 38.4 Å². The van der Waals surface area contributed by atoms with E-state index in [4.69, 9.17) is 8.37 Å². The zero-order valence-corrected chi connectivity index (χ0v) is 22.1. The number of hydrogen-bond donors (Lipinski definition) is 0. The van der Waals surface area contributed by atoms with Crippen molar-refractivity contribution in [3.05, 3.63) is 91.0 Å². The molecule has 0 atom stereocenters. The molecular formula is C25H28O8S3. The van der Waals surface area contributed by atoms with Gasteiger partial charge in [0.25, 0.3) is 20.2 Å². The molecule has 3 aromatic rings. The minimum absolute atomic E-state index is 0.0651. The summed E-state index contributed by atoms with van der Waals surface area (Å²) in [5, 5.41) is 0. The Morgan fingerprint density at radius 2 is 0.944 bits per heavy atom. The van der Waals surface area contributed by atoms with Crippen LogP contribution in [0, 0.1) is 5.41 Å². The lowest BCUT2D eigenvalue weighted by molar-refractivity contribution is 0.0774. The molecule has 0 saturated heterocycles. The van der Waals surface area contributed by atoms with Crippen molar-refractivity contribution in [2.75, 3.05) is 19.0 Å². The highest BCUT2D eigenvalue weighted by atomic mass is 32.2. The first-order chi connectivity index (χ1) is 17.0. The van der Waals surface area contributed by atoms with Crippen LogP contribution in [0.2, 0.25) is 0 Å². The predicted octanol–water partition coefficient (Wildman–Crippen LogP) is 4.06. The maximum absolute atomic E-state index is 12.9. The zero-order valence-electron chi connectivity index (χ0n) is 19.7. The van der Waals surface area contributed by atoms with Gasteiger partial charge in [-0.3, -0.25) is 8.37 Å². The quantitative estimate of drug-likeness (QED) is 0.291. The van der Waals surface area contributed by atoms with E-state index in [1.807, 2.05) is 0 Å². The average Bonchev–Trinajstić information content (AvgIpc) is 2.90. The lowest BCUT2D eigenvalue weighted by Crippen LogP contribution is -2.36. The normalized spacial score (nSPS) is 12.9. The molecule has 194 valence electrons. The zero-order chi connectivity index (χ0) is 26.3. The summed E-state index contributed by atoms with van der Waals surface area (Å²) in [5.74, 6) is -0.353. The van der Waals surface area contributed by atoms with Crippen molar-refractivity contribution in [1.29, 1.82) is 0 Å². The van der Waals surface area contributed by atoms with Gasteiger partial charge in [-0.15, -0.1) is 0 Å². The SMILES string of the molecule is CCC(CCS(=O)(=O)c1ccccc1)(COS(=O)(=O)c1ccccc1)COS(=O)(=O)c1ccccc1. The molecule has 0 N–H and O–H groups in total. The third kappa shape index (κ3) is 7.23. The molecule has 0 radical (unpaired) electrons. The van der Waals surface area contributed by atoms with Gasteiger partial charge in [-0.1, -0.05) is 61.5 Å². The minimum atomic E-state index is -4.17. The smallest absolute Gasteiger partial charge is 0.266 e. The van der Waals surface area contributed by atoms with Crippen molar-refractivity contribution in [2.45, 2.75) is 34.5 Å². The van der Waals surface area contributed by atoms with Crippen LogP contribution in [0.1, 0.15) is 19.8 Å². The monoisotopic (exact) mass is 552 g/mol. The molecule has 11 heteroatoms. The fraction of sp³-hybridized carbons (Fsp3) is 0.280. The largest absolute Gasteiger partial charge is 0.296 e. The van der Waals surface area contributed by atoms with E-state index in [0.717, 1.165) is 0 Å². The molecule has 0 aliphatic rings. The second-order valence-corrected chi connectivity index (χ2v) is 13.6. The van der Waals surface area contributed by atoms with Crippen molar-refractivity contribution < 1.29 is 33.6 Å². The van der Waals surface area contributed by atoms with Gasteiger partial charge >= 0.3 is 0 Å². The Hall–Kier alpha value is -2.57. The van der Waals surface area contributed by atoms with Crippen molar-refractivity contribution in [1.82, 2.24) is 0 Å². The first-order valence-electron chi connectivity index (χ1n) is 11.2. The standard InChI is InChI=1S/C25H28O8S3/c1-2-25(18-19-34(26,27)22-12-6-3-7-13-22,20-32-35(28,29)23-14-8-4-9-15-23)21-33-36(30,31)24-16-10-5-11-17-24/h3-17H,2,18-21H2,1H3. The topological polar surface area (TPSA) is 121 Å². The molecule has 0 spiro atoms. The maximum Gasteiger partial charge on any atom is 0.296 e. The highest BCUT2D eigenvalue weighted by Crippen LogP contribution is 2.32. The molecule has 8 nitrogen and oxygen atoms in total. The molecule has 0 aliphatic carbocycles. The van der Waals surface area contributed by atoms with Gasteiger partial charge in [0, 0.05) is 5.41 Å². The van der Waals surface area contributed by atoms with Gasteiger partial charge in [0.05, 0.1) is 33.7 Å². The van der Waals surface area contributed by atoms with E-state index in [1.54, 1.807) is 61.5 Å². The molecule has 0 unspecified atom stereocenters. The highest BCUT2D eigenvalue weighted by molar-refractivity contribution is 7.91. The van der Waals surface area contributed by atoms with Gasteiger partial charge in [0.15, 0.2) is 9.84 Å². The van der Waals surface area contributed by atoms with Crippen LogP contribution in [-0.4, -0.2) is 44.2 Å². The summed E-state index contributed by atoms with van der Waals surface area (Å²) in [7, 11) is -12.1. The lowest BCUT2D eigenvalue weighted by Gasteiger charge is -2.31. The number of sulfone groups is 1. The van der Waals surface area contributed by atoms with Crippen LogP contribution >= 0.6 is 0 Å². The molecule has 0 aromatic heterocycles. The van der Waals surface area contributed by atoms with Gasteiger partial charge in [0.2, 0.25) is 0 Å². The van der Waals surface area contributed by atoms with Crippen molar-refractivity contribution in [3.8, 4) is 0 Å². The Bertz CT molecular complexity index is 1260. The van der Waals surface area contributed by atoms with Gasteiger partial charge in [-0.2, -0.15) is 16.8 Å². The highest BCUT2D eigenvalue weighted by Gasteiger charge is 2.36. The summed E-state index contributed by atoms with van der Waals surface area (Å²) in [5.41, 5.74) is -1.23. The van der Waals surface area contributed by atoms with E-state index >= 15 is 0 Å². The number of benzene rings is 3. The van der Waals surface area contributed by atoms with Crippen LogP contribution in [0.3, 0.4) is 0 Å². The maximum atomic E-state index is 12.9. The Morgan fingerprint density at radius 1 is 0.583 bits per heavy atom. The van der Waals surface area contributed by atoms with Crippen LogP contribution in [0.5, 0.6) is 0 Å². The van der Waals surface area contributed by atoms with E-state index in [2.05, 4.69) is 0 Å². The van der Waals surface area contributed by atoms with Crippen LogP contribution in [0.4, 0.5) is 0 Å². The van der Waals surface area contributed by atoms with Crippen LogP contribution in [0.15, 0.2) is 106 Å². The number of hydrogen-bond acceptors (Lipinski definition) is 8. The Balaban J connectivity index is 1.86. The third-order valence-corrected chi connectivity index (χ3v) is 10.1. The van der Waals surface area contributed by atoms with Gasteiger partial charge in [-0.25, -0.2) is 8.42 Å². The second-order valence-electron chi connectivity index (χ2n) is 8.29. The number of rotatable bonds is 13. The first kappa shape index (κ1) is 28.0. The van der Waals surface area contributed by atoms with Gasteiger partial charge in [0.1, 0.15) is 0 Å². The molecule has 36 heavy (non-hydrogen) atoms. The molecule has 3 aromatic carbocycles. The molecule has 0 saturated carbocycles. The van der Waals surface area contributed by atoms with Crippen molar-refractivity contribution in [3.63, 3.8) is 0 Å². The molecule has 3 rings (SSSR count). The summed E-state index contributed by atoms with van der Waals surface area (Å²) in [6.45, 7) is 0.775. The second kappa shape index (κ2) is 11.7. The third-order valence-electron chi connectivity index (χ3n) is 5.86. The van der Waals surface area contributed by atoms with E-state index in [1.165, 1.54) is 36.4 Å². The fourth-order valence-electron chi connectivity index (χ4n) is 3.38. The van der Waals surface area contributed by atoms with Gasteiger partial charge < -0.3 is 0 Å². The summed E-state index contributed by atoms with van der Waals surface area (Å²) < 4.78 is 87.4. The van der Waals surface area contributed by atoms with Crippen LogP contribution < -0.4 is 0 Å². The first-order valence-corrected chi connectivity index (χ1v) is 15.6. The predicted molar refractivity (Wildman–Crippen MR) is 135 cm³/mol. The van der Waals surface area contributed by atoms with E-state index in [0.29, 0.717) is 0 Å². The molecule has 0 bridgehead atoms. The molecular weight excluding hydrogens is 524 g/mol. The molecule has 0 fully saturated rings. The van der Waals surface area contributed by atoms with Crippen LogP contribution in [0.25, 0.3) is 0 Å². The molecule has 0 heterocycles. The van der Waals surface area contributed by atoms with E-state index in [-0.39, 0.29) is 33.3 Å². The Morgan fingerprint density at radius 3 is 1.31 bits per heavy atom.